The summed E-state index contributed by atoms with van der Waals surface area (Å²) in [7, 11) is 2.74. The zero-order chi connectivity index (χ0) is 12.4. The zero-order valence-corrected chi connectivity index (χ0v) is 10.7. The van der Waals surface area contributed by atoms with Crippen LogP contribution >= 0.6 is 9.24 Å². The second-order valence-electron chi connectivity index (χ2n) is 4.75. The second-order valence-corrected chi connectivity index (χ2v) is 5.22. The molecular weight excluding hydrogens is 244 g/mol. The van der Waals surface area contributed by atoms with Crippen LogP contribution in [0.15, 0.2) is 12.1 Å². The average molecular weight is 260 g/mol. The van der Waals surface area contributed by atoms with Gasteiger partial charge in [0.25, 0.3) is 0 Å². The molecule has 1 aliphatic rings. The van der Waals surface area contributed by atoms with Crippen molar-refractivity contribution in [3.8, 4) is 0 Å². The molecule has 0 heterocycles. The van der Waals surface area contributed by atoms with E-state index >= 15 is 0 Å². The topological polar surface area (TPSA) is 0 Å². The first kappa shape index (κ1) is 12.9. The fourth-order valence-electron chi connectivity index (χ4n) is 2.54. The molecule has 4 heteroatoms. The minimum absolute atomic E-state index is 0.174. The van der Waals surface area contributed by atoms with Gasteiger partial charge >= 0.3 is 0 Å². The number of halogens is 3. The average Bonchev–Trinajstić information content (AvgIpc) is 2.35. The lowest BCUT2D eigenvalue weighted by molar-refractivity contribution is 0.349. The fraction of sp³-hybridized carbons (Fsp3) is 0.538. The summed E-state index contributed by atoms with van der Waals surface area (Å²) in [5.41, 5.74) is 0.601. The molecule has 0 spiro atoms. The van der Waals surface area contributed by atoms with Crippen LogP contribution in [-0.2, 0) is 0 Å². The molecule has 1 aromatic carbocycles. The summed E-state index contributed by atoms with van der Waals surface area (Å²) in [4.78, 5) is 0. The van der Waals surface area contributed by atoms with E-state index in [0.717, 1.165) is 44.0 Å². The number of hydrogen-bond acceptors (Lipinski definition) is 0. The Bertz CT molecular complexity index is 375. The highest BCUT2D eigenvalue weighted by Gasteiger charge is 2.23. The first-order valence-electron chi connectivity index (χ1n) is 5.96. The standard InChI is InChI=1S/C13H16F3P/c14-11-5-10(6-12(15)13(11)16)9-3-1-8(7-17)2-4-9/h5-6,8-9H,1-4,7,17H2. The molecule has 17 heavy (non-hydrogen) atoms. The Labute approximate surface area is 102 Å². The summed E-state index contributed by atoms with van der Waals surface area (Å²) in [6, 6.07) is 2.29. The summed E-state index contributed by atoms with van der Waals surface area (Å²) in [5, 5.41) is 0. The van der Waals surface area contributed by atoms with Gasteiger partial charge in [-0.15, -0.1) is 9.24 Å². The van der Waals surface area contributed by atoms with Gasteiger partial charge in [0.15, 0.2) is 17.5 Å². The molecule has 0 aromatic heterocycles. The third-order valence-corrected chi connectivity index (χ3v) is 4.32. The molecule has 0 amide bonds. The van der Waals surface area contributed by atoms with E-state index in [2.05, 4.69) is 9.24 Å². The van der Waals surface area contributed by atoms with Gasteiger partial charge < -0.3 is 0 Å². The summed E-state index contributed by atoms with van der Waals surface area (Å²) in [6.07, 6.45) is 5.11. The Morgan fingerprint density at radius 1 is 1.00 bits per heavy atom. The number of benzene rings is 1. The highest BCUT2D eigenvalue weighted by atomic mass is 31.0. The maximum absolute atomic E-state index is 13.1. The fourth-order valence-corrected chi connectivity index (χ4v) is 3.01. The maximum atomic E-state index is 13.1. The number of hydrogen-bond donors (Lipinski definition) is 0. The summed E-state index contributed by atoms with van der Waals surface area (Å²) in [5.74, 6) is -2.65. The van der Waals surface area contributed by atoms with E-state index in [1.54, 1.807) is 0 Å². The van der Waals surface area contributed by atoms with Gasteiger partial charge in [0.05, 0.1) is 0 Å². The Balaban J connectivity index is 2.13. The van der Waals surface area contributed by atoms with Gasteiger partial charge in [0.1, 0.15) is 0 Å². The molecule has 0 N–H and O–H groups in total. The molecule has 1 atom stereocenters. The lowest BCUT2D eigenvalue weighted by atomic mass is 9.79. The normalized spacial score (nSPS) is 24.9. The van der Waals surface area contributed by atoms with Gasteiger partial charge in [-0.25, -0.2) is 13.2 Å². The zero-order valence-electron chi connectivity index (χ0n) is 9.56. The molecule has 1 fully saturated rings. The van der Waals surface area contributed by atoms with E-state index in [-0.39, 0.29) is 5.92 Å². The maximum Gasteiger partial charge on any atom is 0.194 e. The molecule has 1 aromatic rings. The Kier molecular flexibility index (Phi) is 4.09. The molecule has 0 nitrogen and oxygen atoms in total. The van der Waals surface area contributed by atoms with Crippen LogP contribution in [0.3, 0.4) is 0 Å². The van der Waals surface area contributed by atoms with Gasteiger partial charge in [-0.05, 0) is 61.4 Å². The predicted molar refractivity (Wildman–Crippen MR) is 65.6 cm³/mol. The molecule has 1 aliphatic carbocycles. The minimum atomic E-state index is -1.37. The third kappa shape index (κ3) is 2.82. The molecule has 0 bridgehead atoms. The lowest BCUT2D eigenvalue weighted by Gasteiger charge is -2.28. The van der Waals surface area contributed by atoms with E-state index in [1.165, 1.54) is 0 Å². The smallest absolute Gasteiger partial charge is 0.194 e. The van der Waals surface area contributed by atoms with Crippen molar-refractivity contribution in [1.82, 2.24) is 0 Å². The van der Waals surface area contributed by atoms with Crippen LogP contribution in [0.1, 0.15) is 37.2 Å². The largest absolute Gasteiger partial charge is 0.204 e. The van der Waals surface area contributed by atoms with Crippen molar-refractivity contribution < 1.29 is 13.2 Å². The SMILES string of the molecule is Fc1cc(C2CCC(CP)CC2)cc(F)c1F. The van der Waals surface area contributed by atoms with E-state index in [0.29, 0.717) is 11.5 Å². The van der Waals surface area contributed by atoms with E-state index in [4.69, 9.17) is 0 Å². The van der Waals surface area contributed by atoms with Gasteiger partial charge in [0, 0.05) is 0 Å². The van der Waals surface area contributed by atoms with Crippen LogP contribution in [-0.4, -0.2) is 6.16 Å². The van der Waals surface area contributed by atoms with Crippen LogP contribution in [0.4, 0.5) is 13.2 Å². The summed E-state index contributed by atoms with van der Waals surface area (Å²) in [6.45, 7) is 0. The van der Waals surface area contributed by atoms with Crippen molar-refractivity contribution in [2.75, 3.05) is 6.16 Å². The second kappa shape index (κ2) is 5.39. The van der Waals surface area contributed by atoms with Crippen molar-refractivity contribution in [3.63, 3.8) is 0 Å². The van der Waals surface area contributed by atoms with Crippen LogP contribution in [0, 0.1) is 23.4 Å². The van der Waals surface area contributed by atoms with Crippen molar-refractivity contribution in [3.05, 3.63) is 35.1 Å². The highest BCUT2D eigenvalue weighted by molar-refractivity contribution is 7.16. The monoisotopic (exact) mass is 260 g/mol. The van der Waals surface area contributed by atoms with Crippen molar-refractivity contribution in [1.29, 1.82) is 0 Å². The molecule has 2 rings (SSSR count). The summed E-state index contributed by atoms with van der Waals surface area (Å²) < 4.78 is 39.1. The first-order valence-corrected chi connectivity index (χ1v) is 6.78. The lowest BCUT2D eigenvalue weighted by Crippen LogP contribution is -2.14. The summed E-state index contributed by atoms with van der Waals surface area (Å²) >= 11 is 0. The van der Waals surface area contributed by atoms with Gasteiger partial charge in [0.2, 0.25) is 0 Å². The van der Waals surface area contributed by atoms with Crippen molar-refractivity contribution >= 4 is 9.24 Å². The Morgan fingerprint density at radius 2 is 1.53 bits per heavy atom. The van der Waals surface area contributed by atoms with E-state index in [1.807, 2.05) is 0 Å². The minimum Gasteiger partial charge on any atom is -0.204 e. The molecule has 94 valence electrons. The molecule has 0 radical (unpaired) electrons. The van der Waals surface area contributed by atoms with Crippen LogP contribution in [0.2, 0.25) is 0 Å². The first-order chi connectivity index (χ1) is 8.11. The quantitative estimate of drug-likeness (QED) is 0.550. The van der Waals surface area contributed by atoms with Crippen molar-refractivity contribution in [2.45, 2.75) is 31.6 Å². The van der Waals surface area contributed by atoms with Crippen LogP contribution in [0.5, 0.6) is 0 Å². The Hall–Kier alpha value is -0.560. The molecule has 1 saturated carbocycles. The van der Waals surface area contributed by atoms with Crippen LogP contribution in [0.25, 0.3) is 0 Å². The van der Waals surface area contributed by atoms with Gasteiger partial charge in [-0.2, -0.15) is 0 Å². The van der Waals surface area contributed by atoms with E-state index < -0.39 is 17.5 Å². The van der Waals surface area contributed by atoms with E-state index in [9.17, 15) is 13.2 Å². The predicted octanol–water partition coefficient (Wildman–Crippen LogP) is 4.25. The van der Waals surface area contributed by atoms with Crippen LogP contribution < -0.4 is 0 Å². The molecule has 1 unspecified atom stereocenters. The molecular formula is C13H16F3P. The third-order valence-electron chi connectivity index (χ3n) is 3.66. The van der Waals surface area contributed by atoms with Gasteiger partial charge in [-0.1, -0.05) is 0 Å². The molecule has 0 saturated heterocycles. The Morgan fingerprint density at radius 3 is 2.00 bits per heavy atom. The highest BCUT2D eigenvalue weighted by Crippen LogP contribution is 2.37. The molecule has 0 aliphatic heterocycles. The van der Waals surface area contributed by atoms with Crippen molar-refractivity contribution in [2.24, 2.45) is 5.92 Å². The van der Waals surface area contributed by atoms with Gasteiger partial charge in [-0.3, -0.25) is 0 Å². The number of rotatable bonds is 2.